The number of aromatic hydroxyl groups is 1. The van der Waals surface area contributed by atoms with Crippen molar-refractivity contribution in [3.05, 3.63) is 42.6 Å². The van der Waals surface area contributed by atoms with Crippen LogP contribution >= 0.6 is 0 Å². The maximum atomic E-state index is 13.3. The van der Waals surface area contributed by atoms with Crippen LogP contribution in [0.5, 0.6) is 5.75 Å². The van der Waals surface area contributed by atoms with Crippen LogP contribution in [-0.2, 0) is 0 Å². The number of aromatic nitrogens is 2. The number of pyridine rings is 2. The van der Waals surface area contributed by atoms with E-state index in [1.807, 2.05) is 0 Å². The minimum Gasteiger partial charge on any atom is -0.506 e. The van der Waals surface area contributed by atoms with Crippen molar-refractivity contribution < 1.29 is 9.50 Å². The van der Waals surface area contributed by atoms with Crippen LogP contribution in [0.2, 0.25) is 0 Å². The minimum absolute atomic E-state index is 0.180. The summed E-state index contributed by atoms with van der Waals surface area (Å²) in [6, 6.07) is 4.34. The van der Waals surface area contributed by atoms with Crippen LogP contribution in [0.15, 0.2) is 36.8 Å². The average Bonchev–Trinajstić information content (AvgIpc) is 2.19. The summed E-state index contributed by atoms with van der Waals surface area (Å²) in [4.78, 5) is 7.61. The van der Waals surface area contributed by atoms with Crippen LogP contribution in [0.25, 0.3) is 11.3 Å². The lowest BCUT2D eigenvalue weighted by Crippen LogP contribution is -1.88. The summed E-state index contributed by atoms with van der Waals surface area (Å²) in [6.07, 6.45) is 4.32. The molecule has 2 rings (SSSR count). The smallest absolute Gasteiger partial charge is 0.153 e. The van der Waals surface area contributed by atoms with Crippen molar-refractivity contribution in [3.63, 3.8) is 0 Å². The first-order chi connectivity index (χ1) is 6.77. The van der Waals surface area contributed by atoms with Gasteiger partial charge in [0, 0.05) is 24.0 Å². The van der Waals surface area contributed by atoms with E-state index in [1.54, 1.807) is 24.5 Å². The Labute approximate surface area is 79.9 Å². The fraction of sp³-hybridized carbons (Fsp3) is 0. The van der Waals surface area contributed by atoms with Gasteiger partial charge in [-0.3, -0.25) is 4.98 Å². The van der Waals surface area contributed by atoms with Gasteiger partial charge in [0.05, 0.1) is 6.20 Å². The Morgan fingerprint density at radius 3 is 2.57 bits per heavy atom. The molecule has 0 radical (unpaired) electrons. The third kappa shape index (κ3) is 1.54. The van der Waals surface area contributed by atoms with E-state index in [0.717, 1.165) is 6.07 Å². The normalized spacial score (nSPS) is 10.1. The average molecular weight is 190 g/mol. The Kier molecular flexibility index (Phi) is 2.10. The molecule has 3 nitrogen and oxygen atoms in total. The predicted molar refractivity (Wildman–Crippen MR) is 49.1 cm³/mol. The molecule has 4 heteroatoms. The molecule has 2 aromatic heterocycles. The molecule has 1 N–H and O–H groups in total. The largest absolute Gasteiger partial charge is 0.506 e. The Balaban J connectivity index is 2.53. The van der Waals surface area contributed by atoms with Gasteiger partial charge in [-0.15, -0.1) is 0 Å². The lowest BCUT2D eigenvalue weighted by atomic mass is 10.2. The van der Waals surface area contributed by atoms with Crippen LogP contribution < -0.4 is 0 Å². The van der Waals surface area contributed by atoms with Gasteiger partial charge in [-0.2, -0.15) is 0 Å². The molecule has 0 unspecified atom stereocenters. The molecule has 0 spiro atoms. The van der Waals surface area contributed by atoms with Crippen LogP contribution in [0, 0.1) is 5.82 Å². The SMILES string of the molecule is Oc1cnc(-c2ccncc2)c(F)c1. The van der Waals surface area contributed by atoms with Crippen LogP contribution in [0.4, 0.5) is 4.39 Å². The van der Waals surface area contributed by atoms with E-state index in [2.05, 4.69) is 9.97 Å². The molecule has 0 aliphatic carbocycles. The summed E-state index contributed by atoms with van der Waals surface area (Å²) in [7, 11) is 0. The van der Waals surface area contributed by atoms with E-state index in [-0.39, 0.29) is 11.4 Å². The van der Waals surface area contributed by atoms with Gasteiger partial charge in [0.2, 0.25) is 0 Å². The molecule has 0 atom stereocenters. The fourth-order valence-corrected chi connectivity index (χ4v) is 1.15. The van der Waals surface area contributed by atoms with Gasteiger partial charge in [-0.05, 0) is 12.1 Å². The topological polar surface area (TPSA) is 46.0 Å². The van der Waals surface area contributed by atoms with E-state index in [1.165, 1.54) is 6.20 Å². The lowest BCUT2D eigenvalue weighted by Gasteiger charge is -2.01. The molecule has 0 aromatic carbocycles. The maximum absolute atomic E-state index is 13.3. The zero-order valence-corrected chi connectivity index (χ0v) is 7.18. The summed E-state index contributed by atoms with van der Waals surface area (Å²) < 4.78 is 13.3. The van der Waals surface area contributed by atoms with Crippen molar-refractivity contribution in [2.24, 2.45) is 0 Å². The third-order valence-electron chi connectivity index (χ3n) is 1.78. The van der Waals surface area contributed by atoms with Crippen molar-refractivity contribution in [2.75, 3.05) is 0 Å². The van der Waals surface area contributed by atoms with Gasteiger partial charge in [-0.1, -0.05) is 0 Å². The van der Waals surface area contributed by atoms with E-state index in [4.69, 9.17) is 5.11 Å². The highest BCUT2D eigenvalue weighted by molar-refractivity contribution is 5.59. The molecule has 2 aromatic rings. The molecule has 14 heavy (non-hydrogen) atoms. The van der Waals surface area contributed by atoms with E-state index >= 15 is 0 Å². The summed E-state index contributed by atoms with van der Waals surface area (Å²) in [5.74, 6) is -0.725. The number of hydrogen-bond acceptors (Lipinski definition) is 3. The highest BCUT2D eigenvalue weighted by atomic mass is 19.1. The van der Waals surface area contributed by atoms with Crippen molar-refractivity contribution in [1.29, 1.82) is 0 Å². The Morgan fingerprint density at radius 1 is 1.21 bits per heavy atom. The number of nitrogens with zero attached hydrogens (tertiary/aromatic N) is 2. The maximum Gasteiger partial charge on any atom is 0.153 e. The Hall–Kier alpha value is -1.97. The molecule has 0 aliphatic rings. The zero-order valence-electron chi connectivity index (χ0n) is 7.18. The quantitative estimate of drug-likeness (QED) is 0.747. The van der Waals surface area contributed by atoms with Crippen molar-refractivity contribution in [1.82, 2.24) is 9.97 Å². The molecule has 0 fully saturated rings. The highest BCUT2D eigenvalue weighted by Gasteiger charge is 2.06. The van der Waals surface area contributed by atoms with Crippen LogP contribution in [-0.4, -0.2) is 15.1 Å². The molecule has 2 heterocycles. The summed E-state index contributed by atoms with van der Waals surface area (Å²) in [6.45, 7) is 0. The second-order valence-corrected chi connectivity index (χ2v) is 2.76. The molecular weight excluding hydrogens is 183 g/mol. The molecule has 0 saturated carbocycles. The predicted octanol–water partition coefficient (Wildman–Crippen LogP) is 1.99. The second kappa shape index (κ2) is 3.41. The van der Waals surface area contributed by atoms with Gasteiger partial charge in [0.15, 0.2) is 5.82 Å². The Bertz CT molecular complexity index is 445. The van der Waals surface area contributed by atoms with Gasteiger partial charge in [0.25, 0.3) is 0 Å². The monoisotopic (exact) mass is 190 g/mol. The van der Waals surface area contributed by atoms with Gasteiger partial charge < -0.3 is 5.11 Å². The molecular formula is C10H7FN2O. The molecule has 70 valence electrons. The first-order valence-corrected chi connectivity index (χ1v) is 4.02. The first kappa shape index (κ1) is 8.62. The van der Waals surface area contributed by atoms with E-state index in [9.17, 15) is 4.39 Å². The summed E-state index contributed by atoms with van der Waals surface area (Å²) >= 11 is 0. The van der Waals surface area contributed by atoms with Crippen LogP contribution in [0.3, 0.4) is 0 Å². The third-order valence-corrected chi connectivity index (χ3v) is 1.78. The van der Waals surface area contributed by atoms with Gasteiger partial charge >= 0.3 is 0 Å². The van der Waals surface area contributed by atoms with Crippen LogP contribution in [0.1, 0.15) is 0 Å². The zero-order chi connectivity index (χ0) is 9.97. The molecule has 0 saturated heterocycles. The van der Waals surface area contributed by atoms with Crippen molar-refractivity contribution in [2.45, 2.75) is 0 Å². The van der Waals surface area contributed by atoms with Gasteiger partial charge in [-0.25, -0.2) is 9.37 Å². The first-order valence-electron chi connectivity index (χ1n) is 4.02. The number of hydrogen-bond donors (Lipinski definition) is 1. The van der Waals surface area contributed by atoms with Crippen molar-refractivity contribution >= 4 is 0 Å². The lowest BCUT2D eigenvalue weighted by molar-refractivity contribution is 0.466. The standard InChI is InChI=1S/C10H7FN2O/c11-9-5-8(14)6-13-10(9)7-1-3-12-4-2-7/h1-6,14H. The summed E-state index contributed by atoms with van der Waals surface area (Å²) in [5, 5.41) is 8.97. The minimum atomic E-state index is -0.545. The summed E-state index contributed by atoms with van der Waals surface area (Å²) in [5.41, 5.74) is 0.850. The van der Waals surface area contributed by atoms with Gasteiger partial charge in [0.1, 0.15) is 11.4 Å². The highest BCUT2D eigenvalue weighted by Crippen LogP contribution is 2.21. The van der Waals surface area contributed by atoms with Crippen molar-refractivity contribution in [3.8, 4) is 17.0 Å². The Morgan fingerprint density at radius 2 is 1.93 bits per heavy atom. The van der Waals surface area contributed by atoms with E-state index < -0.39 is 5.82 Å². The number of rotatable bonds is 1. The second-order valence-electron chi connectivity index (χ2n) is 2.76. The van der Waals surface area contributed by atoms with E-state index in [0.29, 0.717) is 5.56 Å². The molecule has 0 amide bonds. The number of halogens is 1. The fourth-order valence-electron chi connectivity index (χ4n) is 1.15. The molecule has 0 bridgehead atoms. The molecule has 0 aliphatic heterocycles.